The van der Waals surface area contributed by atoms with E-state index in [0.29, 0.717) is 5.82 Å². The van der Waals surface area contributed by atoms with Crippen molar-refractivity contribution in [3.63, 3.8) is 0 Å². The molecular weight excluding hydrogens is 723 g/mol. The average Bonchev–Trinajstić information content (AvgIpc) is 3.62. The van der Waals surface area contributed by atoms with E-state index in [1.807, 2.05) is 0 Å². The smallest absolute Gasteiger partial charge is 0.160 e. The molecule has 0 radical (unpaired) electrons. The maximum Gasteiger partial charge on any atom is 0.160 e. The lowest BCUT2D eigenvalue weighted by molar-refractivity contribution is 1.16. The summed E-state index contributed by atoms with van der Waals surface area (Å²) in [6, 6.07) is 76.8. The van der Waals surface area contributed by atoms with Crippen LogP contribution in [0.1, 0.15) is 11.1 Å². The number of hydrogen-bond donors (Lipinski definition) is 0. The predicted molar refractivity (Wildman–Crippen MR) is 242 cm³/mol. The number of rotatable bonds is 8. The van der Waals surface area contributed by atoms with E-state index in [4.69, 9.17) is 9.97 Å². The average molecular weight is 764 g/mol. The molecule has 0 spiro atoms. The molecule has 58 heavy (non-hydrogen) atoms. The highest BCUT2D eigenvalue weighted by atomic mass is 32.3. The third-order valence-corrected chi connectivity index (χ3v) is 14.9. The van der Waals surface area contributed by atoms with Gasteiger partial charge in [-0.05, 0) is 105 Å². The van der Waals surface area contributed by atoms with Crippen molar-refractivity contribution in [2.24, 2.45) is 0 Å². The van der Waals surface area contributed by atoms with Crippen molar-refractivity contribution < 1.29 is 0 Å². The zero-order valence-electron chi connectivity index (χ0n) is 32.5. The highest BCUT2D eigenvalue weighted by Crippen LogP contribution is 2.73. The van der Waals surface area contributed by atoms with Gasteiger partial charge in [0.15, 0.2) is 5.82 Å². The highest BCUT2D eigenvalue weighted by Gasteiger charge is 2.33. The van der Waals surface area contributed by atoms with Gasteiger partial charge >= 0.3 is 0 Å². The summed E-state index contributed by atoms with van der Waals surface area (Å²) in [5.41, 5.74) is 10.7. The summed E-state index contributed by atoms with van der Waals surface area (Å²) in [5.74, 6) is 0.693. The van der Waals surface area contributed by atoms with Crippen molar-refractivity contribution in [2.45, 2.75) is 33.4 Å². The fraction of sp³-hybridized carbons (Fsp3) is 0.0370. The molecule has 0 aliphatic heterocycles. The molecule has 3 nitrogen and oxygen atoms in total. The Morgan fingerprint density at radius 1 is 0.362 bits per heavy atom. The van der Waals surface area contributed by atoms with Gasteiger partial charge < -0.3 is 4.57 Å². The first-order valence-electron chi connectivity index (χ1n) is 19.7. The third-order valence-electron chi connectivity index (χ3n) is 11.0. The van der Waals surface area contributed by atoms with E-state index in [1.165, 1.54) is 52.5 Å². The minimum Gasteiger partial charge on any atom is -0.309 e. The van der Waals surface area contributed by atoms with Crippen LogP contribution in [0.4, 0.5) is 0 Å². The van der Waals surface area contributed by atoms with Crippen LogP contribution in [0.2, 0.25) is 0 Å². The standard InChI is InChI=1S/C54H41N3S/c1-38-32-39(2)34-42(33-38)51-37-50(40-18-16-20-43(35-40)57-52-30-14-12-28-48(52)49-29-13-15-31-53(49)57)55-54(56-51)41-19-17-27-47(36-41)58(44-21-6-3-7-22-44,45-23-8-4-9-24-45)46-25-10-5-11-26-46/h3-37H,1-2H3. The molecule has 0 bridgehead atoms. The minimum absolute atomic E-state index is 0.693. The van der Waals surface area contributed by atoms with E-state index in [9.17, 15) is 0 Å². The maximum atomic E-state index is 5.42. The van der Waals surface area contributed by atoms with Crippen LogP contribution in [0.15, 0.2) is 232 Å². The Morgan fingerprint density at radius 2 is 0.828 bits per heavy atom. The number of benzene rings is 8. The number of aromatic nitrogens is 3. The number of aryl methyl sites for hydroxylation is 2. The molecule has 0 aliphatic rings. The van der Waals surface area contributed by atoms with Gasteiger partial charge in [-0.2, -0.15) is 0 Å². The summed E-state index contributed by atoms with van der Waals surface area (Å²) >= 11 is 0. The molecule has 0 atom stereocenters. The van der Waals surface area contributed by atoms with Crippen LogP contribution in [-0.4, -0.2) is 14.5 Å². The molecule has 0 N–H and O–H groups in total. The second-order valence-electron chi connectivity index (χ2n) is 14.8. The third kappa shape index (κ3) is 6.19. The first-order chi connectivity index (χ1) is 28.6. The molecule has 8 aromatic carbocycles. The molecule has 0 unspecified atom stereocenters. The van der Waals surface area contributed by atoms with E-state index >= 15 is 0 Å². The van der Waals surface area contributed by atoms with E-state index < -0.39 is 10.0 Å². The minimum atomic E-state index is -1.90. The molecular formula is C54H41N3S. The van der Waals surface area contributed by atoms with Crippen LogP contribution in [0.25, 0.3) is 61.4 Å². The number of hydrogen-bond acceptors (Lipinski definition) is 2. The van der Waals surface area contributed by atoms with Crippen LogP contribution in [0, 0.1) is 13.8 Å². The van der Waals surface area contributed by atoms with Gasteiger partial charge in [0.05, 0.1) is 22.4 Å². The van der Waals surface area contributed by atoms with Gasteiger partial charge in [0.1, 0.15) is 0 Å². The molecule has 2 aromatic heterocycles. The molecule has 10 aromatic rings. The predicted octanol–water partition coefficient (Wildman–Crippen LogP) is 14.5. The van der Waals surface area contributed by atoms with E-state index in [0.717, 1.165) is 33.8 Å². The molecule has 10 rings (SSSR count). The van der Waals surface area contributed by atoms with Gasteiger partial charge in [-0.3, -0.25) is 0 Å². The molecule has 0 saturated heterocycles. The Hall–Kier alpha value is -7.01. The van der Waals surface area contributed by atoms with Crippen molar-refractivity contribution in [2.75, 3.05) is 0 Å². The van der Waals surface area contributed by atoms with Crippen molar-refractivity contribution >= 4 is 31.8 Å². The Bertz CT molecular complexity index is 2910. The molecule has 2 heterocycles. The van der Waals surface area contributed by atoms with Gasteiger partial charge in [0.25, 0.3) is 0 Å². The van der Waals surface area contributed by atoms with Gasteiger partial charge in [0.2, 0.25) is 0 Å². The molecule has 0 fully saturated rings. The van der Waals surface area contributed by atoms with E-state index in [1.54, 1.807) is 0 Å². The molecule has 0 saturated carbocycles. The molecule has 278 valence electrons. The van der Waals surface area contributed by atoms with Crippen molar-refractivity contribution in [3.05, 3.63) is 223 Å². The maximum absolute atomic E-state index is 5.42. The summed E-state index contributed by atoms with van der Waals surface area (Å²) < 4.78 is 2.36. The largest absolute Gasteiger partial charge is 0.309 e. The zero-order valence-corrected chi connectivity index (χ0v) is 33.3. The van der Waals surface area contributed by atoms with Crippen LogP contribution in [0.3, 0.4) is 0 Å². The first-order valence-corrected chi connectivity index (χ1v) is 21.4. The summed E-state index contributed by atoms with van der Waals surface area (Å²) in [4.78, 5) is 15.8. The Balaban J connectivity index is 1.19. The van der Waals surface area contributed by atoms with Crippen LogP contribution in [0.5, 0.6) is 0 Å². The lowest BCUT2D eigenvalue weighted by Gasteiger charge is -2.42. The lowest BCUT2D eigenvalue weighted by atomic mass is 10.0. The lowest BCUT2D eigenvalue weighted by Crippen LogP contribution is -2.05. The zero-order chi connectivity index (χ0) is 39.1. The number of fused-ring (bicyclic) bond motifs is 3. The SMILES string of the molecule is Cc1cc(C)cc(-c2cc(-c3cccc(-n4c5ccccc5c5ccccc54)c3)nc(-c3cccc(S(c4ccccc4)(c4ccccc4)c4ccccc4)c3)n2)c1. The Kier molecular flexibility index (Phi) is 9.04. The van der Waals surface area contributed by atoms with Crippen LogP contribution in [-0.2, 0) is 0 Å². The van der Waals surface area contributed by atoms with Crippen molar-refractivity contribution in [1.29, 1.82) is 0 Å². The van der Waals surface area contributed by atoms with Crippen molar-refractivity contribution in [1.82, 2.24) is 14.5 Å². The Morgan fingerprint density at radius 3 is 1.40 bits per heavy atom. The number of para-hydroxylation sites is 2. The fourth-order valence-electron chi connectivity index (χ4n) is 8.52. The van der Waals surface area contributed by atoms with Crippen LogP contribution < -0.4 is 0 Å². The molecule has 0 amide bonds. The van der Waals surface area contributed by atoms with Crippen molar-refractivity contribution in [3.8, 4) is 39.6 Å². The van der Waals surface area contributed by atoms with E-state index in [2.05, 4.69) is 231 Å². The summed E-state index contributed by atoms with van der Waals surface area (Å²) in [6.45, 7) is 4.30. The topological polar surface area (TPSA) is 30.7 Å². The Labute approximate surface area is 341 Å². The van der Waals surface area contributed by atoms with E-state index in [-0.39, 0.29) is 0 Å². The second kappa shape index (κ2) is 14.8. The summed E-state index contributed by atoms with van der Waals surface area (Å²) in [6.07, 6.45) is 0. The van der Waals surface area contributed by atoms with Crippen LogP contribution >= 0.6 is 10.0 Å². The first kappa shape index (κ1) is 35.4. The monoisotopic (exact) mass is 763 g/mol. The number of nitrogens with zero attached hydrogens (tertiary/aromatic N) is 3. The fourth-order valence-corrected chi connectivity index (χ4v) is 12.4. The van der Waals surface area contributed by atoms with Gasteiger partial charge in [-0.15, -0.1) is 10.0 Å². The normalized spacial score (nSPS) is 11.9. The summed E-state index contributed by atoms with van der Waals surface area (Å²) in [5, 5.41) is 2.48. The summed E-state index contributed by atoms with van der Waals surface area (Å²) in [7, 11) is -1.90. The van der Waals surface area contributed by atoms with Gasteiger partial charge in [-0.1, -0.05) is 132 Å². The van der Waals surface area contributed by atoms with Gasteiger partial charge in [0, 0.05) is 52.7 Å². The second-order valence-corrected chi connectivity index (χ2v) is 17.9. The molecule has 4 heteroatoms. The molecule has 0 aliphatic carbocycles. The highest BCUT2D eigenvalue weighted by molar-refractivity contribution is 8.34. The quantitative estimate of drug-likeness (QED) is 0.154. The van der Waals surface area contributed by atoms with Gasteiger partial charge in [-0.25, -0.2) is 9.97 Å².